The monoisotopic (exact) mass is 386 g/mol. The van der Waals surface area contributed by atoms with Crippen molar-refractivity contribution in [2.45, 2.75) is 11.4 Å². The summed E-state index contributed by atoms with van der Waals surface area (Å²) in [4.78, 5) is 15.2. The summed E-state index contributed by atoms with van der Waals surface area (Å²) in [6.07, 6.45) is 1.53. The Bertz CT molecular complexity index is 1090. The molecule has 0 amide bonds. The van der Waals surface area contributed by atoms with E-state index in [0.717, 1.165) is 6.07 Å². The number of halogens is 1. The molecule has 0 aliphatic heterocycles. The summed E-state index contributed by atoms with van der Waals surface area (Å²) in [6.45, 7) is -0.0600. The van der Waals surface area contributed by atoms with E-state index in [-0.39, 0.29) is 28.1 Å². The number of carboxylic acids is 1. The smallest absolute Gasteiger partial charge is 0.335 e. The largest absolute Gasteiger partial charge is 0.478 e. The van der Waals surface area contributed by atoms with Crippen LogP contribution in [-0.2, 0) is 16.6 Å². The van der Waals surface area contributed by atoms with E-state index in [1.807, 2.05) is 0 Å². The molecule has 1 heterocycles. The lowest BCUT2D eigenvalue weighted by molar-refractivity contribution is 0.0696. The first-order valence-corrected chi connectivity index (χ1v) is 9.38. The number of hydrogen-bond donors (Lipinski definition) is 2. The molecule has 27 heavy (non-hydrogen) atoms. The van der Waals surface area contributed by atoms with Gasteiger partial charge in [-0.15, -0.1) is 0 Å². The van der Waals surface area contributed by atoms with Gasteiger partial charge in [0.15, 0.2) is 0 Å². The summed E-state index contributed by atoms with van der Waals surface area (Å²) in [5.74, 6) is -1.89. The van der Waals surface area contributed by atoms with Gasteiger partial charge in [-0.3, -0.25) is 4.98 Å². The average molecular weight is 386 g/mol. The van der Waals surface area contributed by atoms with Gasteiger partial charge in [0.1, 0.15) is 5.82 Å². The maximum Gasteiger partial charge on any atom is 0.335 e. The van der Waals surface area contributed by atoms with E-state index in [2.05, 4.69) is 9.71 Å². The Hall–Kier alpha value is -3.10. The van der Waals surface area contributed by atoms with Crippen LogP contribution in [0.5, 0.6) is 0 Å². The van der Waals surface area contributed by atoms with Gasteiger partial charge >= 0.3 is 5.97 Å². The fraction of sp³-hybridized carbons (Fsp3) is 0.0526. The third-order valence-electron chi connectivity index (χ3n) is 3.82. The Morgan fingerprint density at radius 1 is 1.07 bits per heavy atom. The second-order valence-corrected chi connectivity index (χ2v) is 7.44. The van der Waals surface area contributed by atoms with Crippen molar-refractivity contribution in [1.82, 2.24) is 9.71 Å². The number of carboxylic acid groups (broad SMARTS) is 1. The first-order chi connectivity index (χ1) is 12.9. The Morgan fingerprint density at radius 2 is 1.81 bits per heavy atom. The van der Waals surface area contributed by atoms with Crippen molar-refractivity contribution in [3.8, 4) is 11.1 Å². The number of carbonyl (C=O) groups is 1. The summed E-state index contributed by atoms with van der Waals surface area (Å²) in [5.41, 5.74) is 0.520. The van der Waals surface area contributed by atoms with Gasteiger partial charge in [-0.2, -0.15) is 0 Å². The summed E-state index contributed by atoms with van der Waals surface area (Å²) >= 11 is 0. The van der Waals surface area contributed by atoms with Crippen LogP contribution in [0.25, 0.3) is 11.1 Å². The van der Waals surface area contributed by atoms with Crippen LogP contribution in [0.15, 0.2) is 71.8 Å². The van der Waals surface area contributed by atoms with Crippen molar-refractivity contribution in [3.63, 3.8) is 0 Å². The van der Waals surface area contributed by atoms with Gasteiger partial charge in [-0.05, 0) is 42.0 Å². The van der Waals surface area contributed by atoms with E-state index in [9.17, 15) is 22.7 Å². The minimum atomic E-state index is -4.03. The predicted molar refractivity (Wildman–Crippen MR) is 97.1 cm³/mol. The van der Waals surface area contributed by atoms with Crippen molar-refractivity contribution < 1.29 is 22.7 Å². The topological polar surface area (TPSA) is 96.4 Å². The highest BCUT2D eigenvalue weighted by Gasteiger charge is 2.19. The average Bonchev–Trinajstić information content (AvgIpc) is 2.67. The van der Waals surface area contributed by atoms with Crippen LogP contribution in [0, 0.1) is 5.82 Å². The number of aromatic carboxylic acids is 1. The van der Waals surface area contributed by atoms with Crippen molar-refractivity contribution in [2.75, 3.05) is 0 Å². The van der Waals surface area contributed by atoms with Gasteiger partial charge in [0.2, 0.25) is 10.0 Å². The normalized spacial score (nSPS) is 11.3. The standard InChI is InChI=1S/C19H15FN2O4S/c20-18-7-2-1-6-17(18)13-9-14(19(23)24)11-16(10-13)27(25,26)22-12-15-5-3-4-8-21-15/h1-11,22H,12H2,(H,23,24). The fourth-order valence-corrected chi connectivity index (χ4v) is 3.55. The van der Waals surface area contributed by atoms with Gasteiger partial charge in [0, 0.05) is 11.8 Å². The third kappa shape index (κ3) is 4.36. The molecule has 0 aliphatic carbocycles. The molecule has 0 bridgehead atoms. The molecule has 2 N–H and O–H groups in total. The number of pyridine rings is 1. The minimum absolute atomic E-state index is 0.0600. The SMILES string of the molecule is O=C(O)c1cc(-c2ccccc2F)cc(S(=O)(=O)NCc2ccccn2)c1. The van der Waals surface area contributed by atoms with Gasteiger partial charge in [0.05, 0.1) is 22.7 Å². The van der Waals surface area contributed by atoms with E-state index >= 15 is 0 Å². The van der Waals surface area contributed by atoms with Crippen molar-refractivity contribution in [1.29, 1.82) is 0 Å². The molecule has 3 rings (SSSR count). The molecule has 0 spiro atoms. The molecule has 0 saturated heterocycles. The lowest BCUT2D eigenvalue weighted by Crippen LogP contribution is -2.24. The van der Waals surface area contributed by atoms with E-state index in [4.69, 9.17) is 0 Å². The minimum Gasteiger partial charge on any atom is -0.478 e. The van der Waals surface area contributed by atoms with Crippen LogP contribution in [-0.4, -0.2) is 24.5 Å². The number of benzene rings is 2. The first-order valence-electron chi connectivity index (χ1n) is 7.90. The molecule has 0 saturated carbocycles. The molecule has 8 heteroatoms. The summed E-state index contributed by atoms with van der Waals surface area (Å²) in [5, 5.41) is 9.30. The van der Waals surface area contributed by atoms with Crippen LogP contribution >= 0.6 is 0 Å². The van der Waals surface area contributed by atoms with Crippen LogP contribution in [0.4, 0.5) is 4.39 Å². The van der Waals surface area contributed by atoms with Crippen LogP contribution < -0.4 is 4.72 Å². The molecular weight excluding hydrogens is 371 g/mol. The molecule has 2 aromatic carbocycles. The molecule has 6 nitrogen and oxygen atoms in total. The van der Waals surface area contributed by atoms with Gasteiger partial charge in [-0.25, -0.2) is 22.3 Å². The molecule has 0 aliphatic rings. The molecule has 0 radical (unpaired) electrons. The molecule has 0 unspecified atom stereocenters. The second-order valence-electron chi connectivity index (χ2n) is 5.68. The molecule has 1 aromatic heterocycles. The Morgan fingerprint density at radius 3 is 2.48 bits per heavy atom. The van der Waals surface area contributed by atoms with Crippen molar-refractivity contribution in [2.24, 2.45) is 0 Å². The molecule has 0 fully saturated rings. The van der Waals surface area contributed by atoms with Gasteiger partial charge in [-0.1, -0.05) is 24.3 Å². The Labute approximate surface area is 155 Å². The summed E-state index contributed by atoms with van der Waals surface area (Å²) in [6, 6.07) is 14.3. The van der Waals surface area contributed by atoms with Gasteiger partial charge < -0.3 is 5.11 Å². The highest BCUT2D eigenvalue weighted by atomic mass is 32.2. The molecular formula is C19H15FN2O4S. The number of rotatable bonds is 6. The first kappa shape index (κ1) is 18.7. The van der Waals surface area contributed by atoms with Crippen molar-refractivity contribution in [3.05, 3.63) is 83.9 Å². The van der Waals surface area contributed by atoms with Crippen molar-refractivity contribution >= 4 is 16.0 Å². The van der Waals surface area contributed by atoms with Crippen LogP contribution in [0.1, 0.15) is 16.1 Å². The van der Waals surface area contributed by atoms with E-state index in [1.165, 1.54) is 36.5 Å². The summed E-state index contributed by atoms with van der Waals surface area (Å²) < 4.78 is 41.7. The fourth-order valence-electron chi connectivity index (χ4n) is 2.48. The quantitative estimate of drug-likeness (QED) is 0.679. The lowest BCUT2D eigenvalue weighted by atomic mass is 10.0. The molecule has 138 valence electrons. The van der Waals surface area contributed by atoms with E-state index in [1.54, 1.807) is 24.3 Å². The zero-order chi connectivity index (χ0) is 19.4. The molecule has 3 aromatic rings. The highest BCUT2D eigenvalue weighted by Crippen LogP contribution is 2.27. The maximum atomic E-state index is 14.1. The number of nitrogens with zero attached hydrogens (tertiary/aromatic N) is 1. The number of sulfonamides is 1. The Balaban J connectivity index is 2.01. The number of hydrogen-bond acceptors (Lipinski definition) is 4. The van der Waals surface area contributed by atoms with Gasteiger partial charge in [0.25, 0.3) is 0 Å². The lowest BCUT2D eigenvalue weighted by Gasteiger charge is -2.11. The third-order valence-corrected chi connectivity index (χ3v) is 5.20. The van der Waals surface area contributed by atoms with E-state index < -0.39 is 21.8 Å². The zero-order valence-corrected chi connectivity index (χ0v) is 14.8. The predicted octanol–water partition coefficient (Wildman–Crippen LogP) is 3.06. The Kier molecular flexibility index (Phi) is 5.29. The summed E-state index contributed by atoms with van der Waals surface area (Å²) in [7, 11) is -4.03. The van der Waals surface area contributed by atoms with Crippen LogP contribution in [0.3, 0.4) is 0 Å². The zero-order valence-electron chi connectivity index (χ0n) is 14.0. The maximum absolute atomic E-state index is 14.1. The molecule has 0 atom stereocenters. The number of aromatic nitrogens is 1. The highest BCUT2D eigenvalue weighted by molar-refractivity contribution is 7.89. The number of nitrogens with one attached hydrogen (secondary N) is 1. The second kappa shape index (κ2) is 7.65. The van der Waals surface area contributed by atoms with Crippen LogP contribution in [0.2, 0.25) is 0 Å². The van der Waals surface area contributed by atoms with E-state index in [0.29, 0.717) is 5.69 Å².